The molecule has 2 N–H and O–H groups in total. The lowest BCUT2D eigenvalue weighted by molar-refractivity contribution is 0.690. The topological polar surface area (TPSA) is 83.5 Å². The van der Waals surface area contributed by atoms with Gasteiger partial charge in [-0.3, -0.25) is 14.3 Å². The molecule has 1 fully saturated rings. The van der Waals surface area contributed by atoms with Crippen LogP contribution in [0.2, 0.25) is 0 Å². The molecule has 0 atom stereocenters. The summed E-state index contributed by atoms with van der Waals surface area (Å²) in [6, 6.07) is 4.30. The Labute approximate surface area is 146 Å². The zero-order valence-corrected chi connectivity index (χ0v) is 14.5. The smallest absolute Gasteiger partial charge is 0.329 e. The molecule has 0 saturated heterocycles. The van der Waals surface area contributed by atoms with Gasteiger partial charge in [-0.15, -0.1) is 11.3 Å². The van der Waals surface area contributed by atoms with Gasteiger partial charge in [0, 0.05) is 17.3 Å². The van der Waals surface area contributed by atoms with Gasteiger partial charge in [0.05, 0.1) is 0 Å². The van der Waals surface area contributed by atoms with E-state index in [0.29, 0.717) is 11.0 Å². The van der Waals surface area contributed by atoms with Crippen molar-refractivity contribution in [2.45, 2.75) is 38.1 Å². The maximum atomic E-state index is 12.2. The lowest BCUT2D eigenvalue weighted by Crippen LogP contribution is -2.31. The molecule has 3 heterocycles. The Kier molecular flexibility index (Phi) is 3.93. The van der Waals surface area contributed by atoms with Crippen molar-refractivity contribution in [2.24, 2.45) is 0 Å². The summed E-state index contributed by atoms with van der Waals surface area (Å²) in [7, 11) is 0. The minimum atomic E-state index is -0.467. The van der Waals surface area contributed by atoms with Crippen LogP contribution in [-0.2, 0) is 12.8 Å². The molecule has 4 rings (SSSR count). The number of aryl methyl sites for hydroxylation is 2. The number of nitrogens with one attached hydrogen (secondary N) is 2. The number of rotatable bonds is 5. The van der Waals surface area contributed by atoms with Crippen LogP contribution in [0.25, 0.3) is 11.0 Å². The number of H-pyrrole nitrogens is 2. The summed E-state index contributed by atoms with van der Waals surface area (Å²) in [6.45, 7) is 0. The largest absolute Gasteiger partial charge is 0.330 e. The highest BCUT2D eigenvalue weighted by Crippen LogP contribution is 2.34. The molecule has 1 aliphatic rings. The number of hydrogen-bond donors (Lipinski definition) is 2. The molecule has 6 nitrogen and oxygen atoms in total. The number of nitrogens with zero attached hydrogens (tertiary/aromatic N) is 2. The highest BCUT2D eigenvalue weighted by Gasteiger charge is 2.27. The van der Waals surface area contributed by atoms with E-state index in [0.717, 1.165) is 37.9 Å². The van der Waals surface area contributed by atoms with Crippen molar-refractivity contribution < 1.29 is 0 Å². The molecule has 1 aliphatic carbocycles. The first kappa shape index (κ1) is 15.5. The number of fused-ring (bicyclic) bond motifs is 1. The first-order valence-electron chi connectivity index (χ1n) is 7.93. The molecule has 24 heavy (non-hydrogen) atoms. The van der Waals surface area contributed by atoms with Gasteiger partial charge in [0.1, 0.15) is 21.5 Å². The van der Waals surface area contributed by atoms with E-state index >= 15 is 0 Å². The average Bonchev–Trinajstić information content (AvgIpc) is 3.21. The third-order valence-electron chi connectivity index (χ3n) is 4.19. The molecule has 0 bridgehead atoms. The number of thiophene rings is 1. The molecular formula is C16H16N4O2S2. The molecule has 8 heteroatoms. The Balaban J connectivity index is 1.72. The van der Waals surface area contributed by atoms with E-state index in [9.17, 15) is 9.59 Å². The average molecular weight is 360 g/mol. The van der Waals surface area contributed by atoms with E-state index in [1.54, 1.807) is 15.9 Å². The molecule has 3 aromatic heterocycles. The van der Waals surface area contributed by atoms with Gasteiger partial charge in [-0.25, -0.2) is 9.78 Å². The van der Waals surface area contributed by atoms with Gasteiger partial charge in [0.2, 0.25) is 0 Å². The van der Waals surface area contributed by atoms with Gasteiger partial charge in [-0.1, -0.05) is 18.3 Å². The lowest BCUT2D eigenvalue weighted by atomic mass is 10.2. The van der Waals surface area contributed by atoms with Gasteiger partial charge in [0.15, 0.2) is 0 Å². The Morgan fingerprint density at radius 2 is 2.12 bits per heavy atom. The monoisotopic (exact) mass is 360 g/mol. The van der Waals surface area contributed by atoms with Gasteiger partial charge >= 0.3 is 5.69 Å². The number of hydrogen-bond acceptors (Lipinski definition) is 5. The third kappa shape index (κ3) is 2.87. The molecule has 1 saturated carbocycles. The SMILES string of the molecule is O=c1[nH]c(=O)n(C2CC2)c2[nH]c(CCCc3cccs3)nc(=S)c12. The zero-order valence-electron chi connectivity index (χ0n) is 12.9. The van der Waals surface area contributed by atoms with Crippen LogP contribution in [0.3, 0.4) is 0 Å². The molecule has 0 aromatic carbocycles. The van der Waals surface area contributed by atoms with Crippen molar-refractivity contribution in [2.75, 3.05) is 0 Å². The molecule has 0 aliphatic heterocycles. The lowest BCUT2D eigenvalue weighted by Gasteiger charge is -2.10. The maximum absolute atomic E-state index is 12.2. The van der Waals surface area contributed by atoms with E-state index in [1.807, 2.05) is 6.07 Å². The fraction of sp³-hybridized carbons (Fsp3) is 0.375. The molecular weight excluding hydrogens is 344 g/mol. The van der Waals surface area contributed by atoms with Crippen molar-refractivity contribution >= 4 is 34.6 Å². The minimum Gasteiger partial charge on any atom is -0.329 e. The summed E-state index contributed by atoms with van der Waals surface area (Å²) in [5, 5.41) is 2.37. The van der Waals surface area contributed by atoms with Crippen LogP contribution in [0.15, 0.2) is 27.1 Å². The second kappa shape index (κ2) is 6.10. The summed E-state index contributed by atoms with van der Waals surface area (Å²) in [5.41, 5.74) is -0.334. The minimum absolute atomic E-state index is 0.142. The van der Waals surface area contributed by atoms with Crippen LogP contribution >= 0.6 is 23.6 Å². The highest BCUT2D eigenvalue weighted by atomic mass is 32.1. The Hall–Kier alpha value is -2.06. The summed E-state index contributed by atoms with van der Waals surface area (Å²) in [5.74, 6) is 0.725. The molecule has 0 amide bonds. The molecule has 124 valence electrons. The van der Waals surface area contributed by atoms with E-state index in [2.05, 4.69) is 26.4 Å². The van der Waals surface area contributed by atoms with E-state index in [-0.39, 0.29) is 16.4 Å². The van der Waals surface area contributed by atoms with E-state index in [1.165, 1.54) is 4.88 Å². The van der Waals surface area contributed by atoms with Crippen molar-refractivity contribution in [1.29, 1.82) is 0 Å². The van der Waals surface area contributed by atoms with E-state index in [4.69, 9.17) is 12.2 Å². The second-order valence-corrected chi connectivity index (χ2v) is 7.42. The van der Waals surface area contributed by atoms with Crippen LogP contribution in [0.1, 0.15) is 36.0 Å². The Morgan fingerprint density at radius 1 is 1.29 bits per heavy atom. The number of aromatic nitrogens is 4. The normalized spacial score (nSPS) is 14.3. The molecule has 0 spiro atoms. The standard InChI is InChI=1S/C16H16N4O2S2/c21-14-12-13(20(9-6-7-9)16(22)19-14)17-11(18-15(12)23)5-1-3-10-4-2-8-24-10/h2,4,8-9H,1,3,5-7H2,(H,17,18,23)(H,19,21,22). The number of aromatic amines is 2. The van der Waals surface area contributed by atoms with Crippen LogP contribution in [0.5, 0.6) is 0 Å². The molecule has 3 aromatic rings. The van der Waals surface area contributed by atoms with Crippen LogP contribution in [-0.4, -0.2) is 19.5 Å². The summed E-state index contributed by atoms with van der Waals surface area (Å²) in [6.07, 6.45) is 4.52. The van der Waals surface area contributed by atoms with Crippen molar-refractivity contribution in [3.8, 4) is 0 Å². The predicted octanol–water partition coefficient (Wildman–Crippen LogP) is 2.71. The summed E-state index contributed by atoms with van der Waals surface area (Å²) in [4.78, 5) is 35.5. The quantitative estimate of drug-likeness (QED) is 0.685. The van der Waals surface area contributed by atoms with Crippen molar-refractivity contribution in [3.63, 3.8) is 0 Å². The third-order valence-corrected chi connectivity index (χ3v) is 5.42. The fourth-order valence-corrected chi connectivity index (χ4v) is 3.95. The van der Waals surface area contributed by atoms with Gasteiger partial charge < -0.3 is 4.98 Å². The first-order valence-corrected chi connectivity index (χ1v) is 9.22. The van der Waals surface area contributed by atoms with Crippen molar-refractivity contribution in [3.05, 3.63) is 53.7 Å². The van der Waals surface area contributed by atoms with Gasteiger partial charge in [-0.05, 0) is 37.1 Å². The van der Waals surface area contributed by atoms with Crippen LogP contribution in [0.4, 0.5) is 0 Å². The Morgan fingerprint density at radius 3 is 2.83 bits per heavy atom. The maximum Gasteiger partial charge on any atom is 0.330 e. The van der Waals surface area contributed by atoms with E-state index < -0.39 is 5.56 Å². The molecule has 0 unspecified atom stereocenters. The summed E-state index contributed by atoms with van der Waals surface area (Å²) >= 11 is 7.04. The zero-order chi connectivity index (χ0) is 16.7. The van der Waals surface area contributed by atoms with Gasteiger partial charge in [-0.2, -0.15) is 0 Å². The Bertz CT molecular complexity index is 1060. The van der Waals surface area contributed by atoms with Gasteiger partial charge in [0.25, 0.3) is 5.56 Å². The van der Waals surface area contributed by atoms with Crippen LogP contribution < -0.4 is 11.2 Å². The fourth-order valence-electron chi connectivity index (χ4n) is 2.90. The van der Waals surface area contributed by atoms with Crippen LogP contribution in [0, 0.1) is 4.64 Å². The first-order chi connectivity index (χ1) is 11.6. The predicted molar refractivity (Wildman–Crippen MR) is 96.4 cm³/mol. The second-order valence-electron chi connectivity index (χ2n) is 6.01. The summed E-state index contributed by atoms with van der Waals surface area (Å²) < 4.78 is 1.88. The molecule has 0 radical (unpaired) electrons. The highest BCUT2D eigenvalue weighted by molar-refractivity contribution is 7.71. The van der Waals surface area contributed by atoms with Crippen molar-refractivity contribution in [1.82, 2.24) is 19.5 Å².